The van der Waals surface area contributed by atoms with Gasteiger partial charge >= 0.3 is 6.09 Å². The van der Waals surface area contributed by atoms with E-state index in [0.29, 0.717) is 0 Å². The van der Waals surface area contributed by atoms with Crippen LogP contribution in [-0.4, -0.2) is 17.7 Å². The van der Waals surface area contributed by atoms with Crippen molar-refractivity contribution < 1.29 is 9.53 Å². The topological polar surface area (TPSA) is 62.1 Å². The van der Waals surface area contributed by atoms with E-state index in [-0.39, 0.29) is 12.1 Å². The van der Waals surface area contributed by atoms with E-state index in [2.05, 4.69) is 11.4 Å². The van der Waals surface area contributed by atoms with Crippen molar-refractivity contribution >= 4 is 17.4 Å². The highest BCUT2D eigenvalue weighted by molar-refractivity contribution is 7.10. The SMILES string of the molecule is CC(C)(C)OC(=O)NC1CCc2scc(C#N)c2C1. The third-order valence-corrected chi connectivity index (χ3v) is 4.08. The summed E-state index contributed by atoms with van der Waals surface area (Å²) in [5.41, 5.74) is 1.36. The Morgan fingerprint density at radius 1 is 1.58 bits per heavy atom. The minimum atomic E-state index is -0.482. The van der Waals surface area contributed by atoms with Crippen LogP contribution in [0.25, 0.3) is 0 Å². The average molecular weight is 278 g/mol. The van der Waals surface area contributed by atoms with Gasteiger partial charge in [0.25, 0.3) is 0 Å². The molecule has 0 saturated heterocycles. The van der Waals surface area contributed by atoms with Crippen molar-refractivity contribution in [3.05, 3.63) is 21.4 Å². The number of fused-ring (bicyclic) bond motifs is 1. The number of alkyl carbamates (subject to hydrolysis) is 1. The number of hydrogen-bond acceptors (Lipinski definition) is 4. The van der Waals surface area contributed by atoms with Crippen LogP contribution in [0.3, 0.4) is 0 Å². The third-order valence-electron chi connectivity index (χ3n) is 2.99. The van der Waals surface area contributed by atoms with E-state index in [1.807, 2.05) is 26.2 Å². The van der Waals surface area contributed by atoms with Crippen LogP contribution in [-0.2, 0) is 17.6 Å². The van der Waals surface area contributed by atoms with Gasteiger partial charge in [-0.2, -0.15) is 5.26 Å². The molecule has 1 heterocycles. The average Bonchev–Trinajstić information content (AvgIpc) is 2.68. The number of thiophene rings is 1. The van der Waals surface area contributed by atoms with Crippen LogP contribution in [0.15, 0.2) is 5.38 Å². The largest absolute Gasteiger partial charge is 0.444 e. The number of nitriles is 1. The van der Waals surface area contributed by atoms with E-state index in [9.17, 15) is 4.79 Å². The van der Waals surface area contributed by atoms with Crippen molar-refractivity contribution in [3.8, 4) is 6.07 Å². The van der Waals surface area contributed by atoms with Crippen molar-refractivity contribution in [1.29, 1.82) is 5.26 Å². The van der Waals surface area contributed by atoms with Crippen LogP contribution in [0, 0.1) is 11.3 Å². The number of amides is 1. The maximum Gasteiger partial charge on any atom is 0.407 e. The van der Waals surface area contributed by atoms with Gasteiger partial charge in [0.05, 0.1) is 5.56 Å². The van der Waals surface area contributed by atoms with Crippen molar-refractivity contribution in [2.75, 3.05) is 0 Å². The standard InChI is InChI=1S/C14H18N2O2S/c1-14(2,3)18-13(17)16-10-4-5-12-11(6-10)9(7-15)8-19-12/h8,10H,4-6H2,1-3H3,(H,16,17). The molecule has 0 saturated carbocycles. The number of hydrogen-bond donors (Lipinski definition) is 1. The van der Waals surface area contributed by atoms with Crippen molar-refractivity contribution in [2.45, 2.75) is 51.7 Å². The predicted octanol–water partition coefficient (Wildman–Crippen LogP) is 3.00. The normalized spacial score (nSPS) is 18.3. The van der Waals surface area contributed by atoms with Gasteiger partial charge in [0.1, 0.15) is 11.7 Å². The molecule has 2 rings (SSSR count). The molecule has 1 N–H and O–H groups in total. The molecule has 1 atom stereocenters. The highest BCUT2D eigenvalue weighted by Crippen LogP contribution is 2.30. The van der Waals surface area contributed by atoms with Crippen molar-refractivity contribution in [1.82, 2.24) is 5.32 Å². The second-order valence-electron chi connectivity index (χ2n) is 5.75. The van der Waals surface area contributed by atoms with Gasteiger partial charge in [0.2, 0.25) is 0 Å². The van der Waals surface area contributed by atoms with E-state index >= 15 is 0 Å². The van der Waals surface area contributed by atoms with Gasteiger partial charge in [0, 0.05) is 16.3 Å². The fraction of sp³-hybridized carbons (Fsp3) is 0.571. The lowest BCUT2D eigenvalue weighted by Gasteiger charge is -2.26. The van der Waals surface area contributed by atoms with Crippen molar-refractivity contribution in [2.24, 2.45) is 0 Å². The number of rotatable bonds is 1. The monoisotopic (exact) mass is 278 g/mol. The van der Waals surface area contributed by atoms with Crippen LogP contribution in [0.2, 0.25) is 0 Å². The molecule has 102 valence electrons. The van der Waals surface area contributed by atoms with Crippen LogP contribution in [0.4, 0.5) is 4.79 Å². The van der Waals surface area contributed by atoms with Crippen LogP contribution in [0.1, 0.15) is 43.2 Å². The molecule has 0 spiro atoms. The molecule has 4 nitrogen and oxygen atoms in total. The first kappa shape index (κ1) is 13.9. The Balaban J connectivity index is 1.99. The highest BCUT2D eigenvalue weighted by atomic mass is 32.1. The van der Waals surface area contributed by atoms with Gasteiger partial charge in [-0.15, -0.1) is 11.3 Å². The van der Waals surface area contributed by atoms with Crippen LogP contribution >= 0.6 is 11.3 Å². The van der Waals surface area contributed by atoms with Gasteiger partial charge in [-0.3, -0.25) is 0 Å². The molecular formula is C14H18N2O2S. The first-order chi connectivity index (χ1) is 8.89. The summed E-state index contributed by atoms with van der Waals surface area (Å²) < 4.78 is 5.25. The smallest absolute Gasteiger partial charge is 0.407 e. The summed E-state index contributed by atoms with van der Waals surface area (Å²) in [6.45, 7) is 5.54. The van der Waals surface area contributed by atoms with Crippen LogP contribution in [0.5, 0.6) is 0 Å². The molecule has 1 amide bonds. The molecule has 1 aromatic rings. The Hall–Kier alpha value is -1.54. The zero-order valence-corrected chi connectivity index (χ0v) is 12.3. The zero-order valence-electron chi connectivity index (χ0n) is 11.4. The molecular weight excluding hydrogens is 260 g/mol. The van der Waals surface area contributed by atoms with Gasteiger partial charge in [-0.25, -0.2) is 4.79 Å². The Morgan fingerprint density at radius 3 is 2.95 bits per heavy atom. The fourth-order valence-electron chi connectivity index (χ4n) is 2.20. The number of nitrogens with zero attached hydrogens (tertiary/aromatic N) is 1. The Labute approximate surface area is 117 Å². The molecule has 0 bridgehead atoms. The van der Waals surface area contributed by atoms with Gasteiger partial charge in [0.15, 0.2) is 0 Å². The Morgan fingerprint density at radius 2 is 2.32 bits per heavy atom. The van der Waals surface area contributed by atoms with Gasteiger partial charge in [-0.1, -0.05) is 0 Å². The molecule has 1 aliphatic rings. The van der Waals surface area contributed by atoms with E-state index in [4.69, 9.17) is 10.00 Å². The lowest BCUT2D eigenvalue weighted by Crippen LogP contribution is -2.41. The summed E-state index contributed by atoms with van der Waals surface area (Å²) >= 11 is 1.64. The minimum Gasteiger partial charge on any atom is -0.444 e. The van der Waals surface area contributed by atoms with Gasteiger partial charge < -0.3 is 10.1 Å². The predicted molar refractivity (Wildman–Crippen MR) is 74.2 cm³/mol. The second-order valence-corrected chi connectivity index (χ2v) is 6.71. The molecule has 1 aliphatic carbocycles. The summed E-state index contributed by atoms with van der Waals surface area (Å²) in [6.07, 6.45) is 2.16. The molecule has 19 heavy (non-hydrogen) atoms. The molecule has 0 radical (unpaired) electrons. The van der Waals surface area contributed by atoms with E-state index in [1.54, 1.807) is 11.3 Å². The number of ether oxygens (including phenoxy) is 1. The molecule has 0 fully saturated rings. The fourth-order valence-corrected chi connectivity index (χ4v) is 3.23. The number of carbonyl (C=O) groups excluding carboxylic acids is 1. The van der Waals surface area contributed by atoms with E-state index in [0.717, 1.165) is 30.4 Å². The number of nitrogens with one attached hydrogen (secondary N) is 1. The van der Waals surface area contributed by atoms with Gasteiger partial charge in [-0.05, 0) is 45.6 Å². The Bertz CT molecular complexity index is 523. The number of aryl methyl sites for hydroxylation is 1. The third kappa shape index (κ3) is 3.48. The van der Waals surface area contributed by atoms with E-state index < -0.39 is 5.60 Å². The summed E-state index contributed by atoms with van der Waals surface area (Å²) in [5, 5.41) is 13.8. The van der Waals surface area contributed by atoms with Crippen molar-refractivity contribution in [3.63, 3.8) is 0 Å². The quantitative estimate of drug-likeness (QED) is 0.859. The molecule has 1 unspecified atom stereocenters. The molecule has 1 aromatic heterocycles. The summed E-state index contributed by atoms with van der Waals surface area (Å²) in [7, 11) is 0. The summed E-state index contributed by atoms with van der Waals surface area (Å²) in [4.78, 5) is 13.0. The second kappa shape index (κ2) is 5.22. The molecule has 0 aliphatic heterocycles. The van der Waals surface area contributed by atoms with Crippen LogP contribution < -0.4 is 5.32 Å². The maximum atomic E-state index is 11.7. The highest BCUT2D eigenvalue weighted by Gasteiger charge is 2.25. The van der Waals surface area contributed by atoms with E-state index in [1.165, 1.54) is 4.88 Å². The first-order valence-corrected chi connectivity index (χ1v) is 7.26. The lowest BCUT2D eigenvalue weighted by atomic mass is 9.92. The molecule has 5 heteroatoms. The first-order valence-electron chi connectivity index (χ1n) is 6.38. The Kier molecular flexibility index (Phi) is 3.81. The maximum absolute atomic E-state index is 11.7. The minimum absolute atomic E-state index is 0.0593. The summed E-state index contributed by atoms with van der Waals surface area (Å²) in [5.74, 6) is 0. The lowest BCUT2D eigenvalue weighted by molar-refractivity contribution is 0.0500. The summed E-state index contributed by atoms with van der Waals surface area (Å²) in [6, 6.07) is 2.27. The molecule has 0 aromatic carbocycles. The number of carbonyl (C=O) groups is 1. The zero-order chi connectivity index (χ0) is 14.0.